The monoisotopic (exact) mass is 314 g/mol. The predicted molar refractivity (Wildman–Crippen MR) is 83.6 cm³/mol. The molecule has 0 saturated heterocycles. The lowest BCUT2D eigenvalue weighted by atomic mass is 9.82. The van der Waals surface area contributed by atoms with Gasteiger partial charge < -0.3 is 14.6 Å². The lowest BCUT2D eigenvalue weighted by Crippen LogP contribution is -2.27. The predicted octanol–water partition coefficient (Wildman–Crippen LogP) is 3.26. The molecule has 1 aliphatic rings. The number of aliphatic carboxylic acids is 1. The SMILES string of the molecule is CC(C)CCCCOCCOC(=O)C1CCC(C(=O)O)CC1. The van der Waals surface area contributed by atoms with Crippen LogP contribution in [0.25, 0.3) is 0 Å². The molecule has 0 aromatic rings. The maximum atomic E-state index is 11.9. The minimum Gasteiger partial charge on any atom is -0.481 e. The quantitative estimate of drug-likeness (QED) is 0.495. The van der Waals surface area contributed by atoms with Crippen LogP contribution in [0, 0.1) is 17.8 Å². The minimum atomic E-state index is -0.752. The molecule has 128 valence electrons. The molecule has 0 aromatic carbocycles. The molecule has 0 aliphatic heterocycles. The van der Waals surface area contributed by atoms with Gasteiger partial charge in [-0.3, -0.25) is 9.59 Å². The van der Waals surface area contributed by atoms with Crippen LogP contribution in [0.4, 0.5) is 0 Å². The van der Waals surface area contributed by atoms with Gasteiger partial charge in [0, 0.05) is 6.61 Å². The molecular formula is C17H30O5. The Bertz CT molecular complexity index is 332. The summed E-state index contributed by atoms with van der Waals surface area (Å²) in [7, 11) is 0. The second kappa shape index (κ2) is 10.6. The number of carbonyl (C=O) groups excluding carboxylic acids is 1. The molecule has 1 aliphatic carbocycles. The van der Waals surface area contributed by atoms with Gasteiger partial charge in [-0.1, -0.05) is 26.7 Å². The standard InChI is InChI=1S/C17H30O5/c1-13(2)5-3-4-10-21-11-12-22-17(20)15-8-6-14(7-9-15)16(18)19/h13-15H,3-12H2,1-2H3,(H,18,19). The Morgan fingerprint density at radius 2 is 1.64 bits per heavy atom. The number of carboxylic acids is 1. The van der Waals surface area contributed by atoms with Gasteiger partial charge >= 0.3 is 11.9 Å². The summed E-state index contributed by atoms with van der Waals surface area (Å²) in [6.45, 7) is 5.88. The fourth-order valence-corrected chi connectivity index (χ4v) is 2.75. The molecule has 22 heavy (non-hydrogen) atoms. The Hall–Kier alpha value is -1.10. The van der Waals surface area contributed by atoms with Crippen molar-refractivity contribution in [3.63, 3.8) is 0 Å². The number of ether oxygens (including phenoxy) is 2. The van der Waals surface area contributed by atoms with Gasteiger partial charge in [-0.05, 0) is 38.0 Å². The molecule has 0 heterocycles. The molecular weight excluding hydrogens is 284 g/mol. The highest BCUT2D eigenvalue weighted by molar-refractivity contribution is 5.74. The van der Waals surface area contributed by atoms with Crippen molar-refractivity contribution in [2.24, 2.45) is 17.8 Å². The lowest BCUT2D eigenvalue weighted by molar-refractivity contribution is -0.153. The number of hydrogen-bond donors (Lipinski definition) is 1. The van der Waals surface area contributed by atoms with Crippen molar-refractivity contribution in [2.45, 2.75) is 58.8 Å². The smallest absolute Gasteiger partial charge is 0.309 e. The number of rotatable bonds is 10. The first-order valence-corrected chi connectivity index (χ1v) is 8.48. The third-order valence-corrected chi connectivity index (χ3v) is 4.20. The maximum absolute atomic E-state index is 11.9. The fourth-order valence-electron chi connectivity index (χ4n) is 2.75. The number of carbonyl (C=O) groups is 2. The second-order valence-corrected chi connectivity index (χ2v) is 6.56. The van der Waals surface area contributed by atoms with Crippen LogP contribution in [0.2, 0.25) is 0 Å². The van der Waals surface area contributed by atoms with Crippen molar-refractivity contribution in [3.05, 3.63) is 0 Å². The van der Waals surface area contributed by atoms with E-state index in [2.05, 4.69) is 13.8 Å². The van der Waals surface area contributed by atoms with Gasteiger partial charge in [0.2, 0.25) is 0 Å². The summed E-state index contributed by atoms with van der Waals surface area (Å²) in [5.41, 5.74) is 0. The molecule has 0 radical (unpaired) electrons. The van der Waals surface area contributed by atoms with Crippen molar-refractivity contribution < 1.29 is 24.2 Å². The van der Waals surface area contributed by atoms with Crippen molar-refractivity contribution in [2.75, 3.05) is 19.8 Å². The van der Waals surface area contributed by atoms with Gasteiger partial charge in [0.15, 0.2) is 0 Å². The van der Waals surface area contributed by atoms with Crippen LogP contribution in [0.15, 0.2) is 0 Å². The van der Waals surface area contributed by atoms with Crippen molar-refractivity contribution >= 4 is 11.9 Å². The van der Waals surface area contributed by atoms with Crippen LogP contribution in [0.5, 0.6) is 0 Å². The molecule has 5 nitrogen and oxygen atoms in total. The van der Waals surface area contributed by atoms with Gasteiger partial charge in [0.05, 0.1) is 18.4 Å². The molecule has 5 heteroatoms. The highest BCUT2D eigenvalue weighted by atomic mass is 16.6. The maximum Gasteiger partial charge on any atom is 0.309 e. The third-order valence-electron chi connectivity index (χ3n) is 4.20. The van der Waals surface area contributed by atoms with Crippen LogP contribution < -0.4 is 0 Å². The first-order valence-electron chi connectivity index (χ1n) is 8.48. The summed E-state index contributed by atoms with van der Waals surface area (Å²) in [6, 6.07) is 0. The highest BCUT2D eigenvalue weighted by Crippen LogP contribution is 2.29. The molecule has 0 bridgehead atoms. The van der Waals surface area contributed by atoms with Crippen molar-refractivity contribution in [1.29, 1.82) is 0 Å². The van der Waals surface area contributed by atoms with E-state index < -0.39 is 5.97 Å². The Kier molecular flexibility index (Phi) is 9.13. The molecule has 0 unspecified atom stereocenters. The number of esters is 1. The topological polar surface area (TPSA) is 72.8 Å². The zero-order valence-electron chi connectivity index (χ0n) is 13.9. The van der Waals surface area contributed by atoms with E-state index in [0.29, 0.717) is 45.5 Å². The summed E-state index contributed by atoms with van der Waals surface area (Å²) in [5.74, 6) is -0.651. The summed E-state index contributed by atoms with van der Waals surface area (Å²) in [5, 5.41) is 8.92. The summed E-state index contributed by atoms with van der Waals surface area (Å²) in [6.07, 6.45) is 5.81. The zero-order chi connectivity index (χ0) is 16.4. The van der Waals surface area contributed by atoms with Gasteiger partial charge in [-0.25, -0.2) is 0 Å². The largest absolute Gasteiger partial charge is 0.481 e. The molecule has 0 aromatic heterocycles. The number of carboxylic acid groups (broad SMARTS) is 1. The van der Waals surface area contributed by atoms with Crippen molar-refractivity contribution in [1.82, 2.24) is 0 Å². The molecule has 1 rings (SSSR count). The first-order chi connectivity index (χ1) is 10.5. The normalized spacial score (nSPS) is 21.8. The van der Waals surface area contributed by atoms with Crippen LogP contribution in [0.3, 0.4) is 0 Å². The number of unbranched alkanes of at least 4 members (excludes halogenated alkanes) is 1. The van der Waals surface area contributed by atoms with Gasteiger partial charge in [0.25, 0.3) is 0 Å². The Balaban J connectivity index is 1.99. The molecule has 1 saturated carbocycles. The third kappa shape index (κ3) is 7.78. The summed E-state index contributed by atoms with van der Waals surface area (Å²) >= 11 is 0. The molecule has 0 amide bonds. The highest BCUT2D eigenvalue weighted by Gasteiger charge is 2.30. The number of hydrogen-bond acceptors (Lipinski definition) is 4. The molecule has 0 atom stereocenters. The average molecular weight is 314 g/mol. The zero-order valence-corrected chi connectivity index (χ0v) is 13.9. The van der Waals surface area contributed by atoms with Gasteiger partial charge in [-0.2, -0.15) is 0 Å². The van der Waals surface area contributed by atoms with E-state index in [0.717, 1.165) is 12.3 Å². The summed E-state index contributed by atoms with van der Waals surface area (Å²) < 4.78 is 10.7. The van der Waals surface area contributed by atoms with Crippen LogP contribution in [0.1, 0.15) is 58.8 Å². The first kappa shape index (κ1) is 18.9. The average Bonchev–Trinajstić information content (AvgIpc) is 2.49. The van der Waals surface area contributed by atoms with Gasteiger partial charge in [-0.15, -0.1) is 0 Å². The lowest BCUT2D eigenvalue weighted by Gasteiger charge is -2.24. The van der Waals surface area contributed by atoms with Gasteiger partial charge in [0.1, 0.15) is 6.61 Å². The van der Waals surface area contributed by atoms with E-state index in [4.69, 9.17) is 14.6 Å². The Labute approximate surface area is 133 Å². The Morgan fingerprint density at radius 3 is 2.23 bits per heavy atom. The van der Waals surface area contributed by atoms with Crippen LogP contribution >= 0.6 is 0 Å². The van der Waals surface area contributed by atoms with E-state index in [1.807, 2.05) is 0 Å². The fraction of sp³-hybridized carbons (Fsp3) is 0.882. The summed E-state index contributed by atoms with van der Waals surface area (Å²) in [4.78, 5) is 22.7. The molecule has 0 spiro atoms. The Morgan fingerprint density at radius 1 is 1.00 bits per heavy atom. The van der Waals surface area contributed by atoms with E-state index in [1.54, 1.807) is 0 Å². The second-order valence-electron chi connectivity index (χ2n) is 6.56. The van der Waals surface area contributed by atoms with E-state index in [1.165, 1.54) is 12.8 Å². The van der Waals surface area contributed by atoms with Crippen molar-refractivity contribution in [3.8, 4) is 0 Å². The van der Waals surface area contributed by atoms with Crippen LogP contribution in [-0.4, -0.2) is 36.9 Å². The van der Waals surface area contributed by atoms with E-state index in [9.17, 15) is 9.59 Å². The van der Waals surface area contributed by atoms with E-state index >= 15 is 0 Å². The van der Waals surface area contributed by atoms with E-state index in [-0.39, 0.29) is 17.8 Å². The molecule has 1 fully saturated rings. The van der Waals surface area contributed by atoms with Crippen LogP contribution in [-0.2, 0) is 19.1 Å². The molecule has 1 N–H and O–H groups in total. The minimum absolute atomic E-state index is 0.137.